The van der Waals surface area contributed by atoms with Crippen LogP contribution in [0.4, 0.5) is 0 Å². The van der Waals surface area contributed by atoms with Crippen molar-refractivity contribution in [2.75, 3.05) is 13.1 Å². The molecule has 0 aliphatic rings. The summed E-state index contributed by atoms with van der Waals surface area (Å²) in [5.74, 6) is 0.818. The Kier molecular flexibility index (Phi) is 7.59. The van der Waals surface area contributed by atoms with Crippen LogP contribution in [0.5, 0.6) is 0 Å². The lowest BCUT2D eigenvalue weighted by atomic mass is 10.1. The number of unbranched alkanes of at least 4 members (excludes halogenated alkanes) is 1. The summed E-state index contributed by atoms with van der Waals surface area (Å²) in [5, 5.41) is 3.42. The van der Waals surface area contributed by atoms with Gasteiger partial charge in [0.05, 0.1) is 0 Å². The van der Waals surface area contributed by atoms with E-state index in [0.29, 0.717) is 0 Å². The molecule has 66 valence electrons. The predicted molar refractivity (Wildman–Crippen MR) is 51.8 cm³/mol. The van der Waals surface area contributed by atoms with Crippen molar-refractivity contribution in [3.63, 3.8) is 0 Å². The van der Waals surface area contributed by atoms with Crippen LogP contribution in [0.15, 0.2) is 12.7 Å². The van der Waals surface area contributed by atoms with E-state index >= 15 is 0 Å². The summed E-state index contributed by atoms with van der Waals surface area (Å²) in [6, 6.07) is 0. The SMILES string of the molecule is C=CCCCNCC(C)CC. The van der Waals surface area contributed by atoms with E-state index in [1.165, 1.54) is 12.8 Å². The van der Waals surface area contributed by atoms with E-state index in [9.17, 15) is 0 Å². The minimum Gasteiger partial charge on any atom is -0.316 e. The number of hydrogen-bond acceptors (Lipinski definition) is 1. The van der Waals surface area contributed by atoms with Gasteiger partial charge in [-0.25, -0.2) is 0 Å². The molecule has 1 unspecified atom stereocenters. The van der Waals surface area contributed by atoms with Crippen molar-refractivity contribution in [3.05, 3.63) is 12.7 Å². The van der Waals surface area contributed by atoms with Gasteiger partial charge in [-0.15, -0.1) is 6.58 Å². The first-order chi connectivity index (χ1) is 5.31. The molecule has 1 heteroatoms. The lowest BCUT2D eigenvalue weighted by molar-refractivity contribution is 0.496. The Hall–Kier alpha value is -0.300. The zero-order valence-corrected chi connectivity index (χ0v) is 7.90. The lowest BCUT2D eigenvalue weighted by Gasteiger charge is -2.08. The summed E-state index contributed by atoms with van der Waals surface area (Å²) in [6.45, 7) is 10.5. The zero-order valence-electron chi connectivity index (χ0n) is 7.90. The number of nitrogens with one attached hydrogen (secondary N) is 1. The highest BCUT2D eigenvalue weighted by molar-refractivity contribution is 4.66. The molecule has 0 aliphatic carbocycles. The van der Waals surface area contributed by atoms with Crippen LogP contribution in [0.1, 0.15) is 33.1 Å². The quantitative estimate of drug-likeness (QED) is 0.440. The van der Waals surface area contributed by atoms with Gasteiger partial charge in [-0.05, 0) is 31.8 Å². The Morgan fingerprint density at radius 3 is 2.82 bits per heavy atom. The smallest absolute Gasteiger partial charge is 0.00233 e. The Bertz CT molecular complexity index is 88.9. The van der Waals surface area contributed by atoms with Crippen molar-refractivity contribution < 1.29 is 0 Å². The maximum absolute atomic E-state index is 3.68. The van der Waals surface area contributed by atoms with E-state index in [1.54, 1.807) is 0 Å². The maximum Gasteiger partial charge on any atom is -0.00233 e. The molecule has 0 aliphatic heterocycles. The minimum atomic E-state index is 0.818. The second-order valence-electron chi connectivity index (χ2n) is 3.15. The van der Waals surface area contributed by atoms with Crippen molar-refractivity contribution in [2.45, 2.75) is 33.1 Å². The third kappa shape index (κ3) is 7.60. The van der Waals surface area contributed by atoms with Gasteiger partial charge < -0.3 is 5.32 Å². The second-order valence-corrected chi connectivity index (χ2v) is 3.15. The van der Waals surface area contributed by atoms with Gasteiger partial charge in [0.25, 0.3) is 0 Å². The number of allylic oxidation sites excluding steroid dienone is 1. The van der Waals surface area contributed by atoms with Crippen molar-refractivity contribution in [1.82, 2.24) is 5.32 Å². The summed E-state index contributed by atoms with van der Waals surface area (Å²) in [4.78, 5) is 0. The molecule has 0 fully saturated rings. The molecule has 0 amide bonds. The molecule has 0 aromatic carbocycles. The number of hydrogen-bond donors (Lipinski definition) is 1. The normalized spacial score (nSPS) is 12.9. The Labute approximate surface area is 70.9 Å². The lowest BCUT2D eigenvalue weighted by Crippen LogP contribution is -2.21. The largest absolute Gasteiger partial charge is 0.316 e. The molecule has 1 nitrogen and oxygen atoms in total. The summed E-state index contributed by atoms with van der Waals surface area (Å²) in [6.07, 6.45) is 5.60. The van der Waals surface area contributed by atoms with Gasteiger partial charge >= 0.3 is 0 Å². The van der Waals surface area contributed by atoms with Gasteiger partial charge in [0.2, 0.25) is 0 Å². The van der Waals surface area contributed by atoms with E-state index in [4.69, 9.17) is 0 Å². The standard InChI is InChI=1S/C10H21N/c1-4-6-7-8-11-9-10(3)5-2/h4,10-11H,1,5-9H2,2-3H3. The summed E-state index contributed by atoms with van der Waals surface area (Å²) >= 11 is 0. The summed E-state index contributed by atoms with van der Waals surface area (Å²) < 4.78 is 0. The molecule has 0 bridgehead atoms. The fourth-order valence-corrected chi connectivity index (χ4v) is 0.864. The first kappa shape index (κ1) is 10.7. The van der Waals surface area contributed by atoms with Crippen molar-refractivity contribution in [2.24, 2.45) is 5.92 Å². The van der Waals surface area contributed by atoms with E-state index in [2.05, 4.69) is 25.7 Å². The first-order valence-electron chi connectivity index (χ1n) is 4.62. The highest BCUT2D eigenvalue weighted by Gasteiger charge is 1.95. The van der Waals surface area contributed by atoms with Crippen LogP contribution in [0, 0.1) is 5.92 Å². The van der Waals surface area contributed by atoms with Crippen molar-refractivity contribution in [3.8, 4) is 0 Å². The van der Waals surface area contributed by atoms with Gasteiger partial charge in [0.1, 0.15) is 0 Å². The maximum atomic E-state index is 3.68. The van der Waals surface area contributed by atoms with Gasteiger partial charge in [0, 0.05) is 0 Å². The molecule has 0 aromatic rings. The molecule has 1 atom stereocenters. The number of rotatable bonds is 7. The van der Waals surface area contributed by atoms with Gasteiger partial charge in [-0.3, -0.25) is 0 Å². The van der Waals surface area contributed by atoms with Gasteiger partial charge in [-0.1, -0.05) is 26.3 Å². The highest BCUT2D eigenvalue weighted by atomic mass is 14.8. The molecular formula is C10H21N. The average Bonchev–Trinajstić information content (AvgIpc) is 2.04. The van der Waals surface area contributed by atoms with E-state index < -0.39 is 0 Å². The van der Waals surface area contributed by atoms with Gasteiger partial charge in [0.15, 0.2) is 0 Å². The second kappa shape index (κ2) is 7.80. The molecule has 0 saturated carbocycles. The van der Waals surface area contributed by atoms with E-state index in [-0.39, 0.29) is 0 Å². The van der Waals surface area contributed by atoms with E-state index in [1.807, 2.05) is 6.08 Å². The van der Waals surface area contributed by atoms with Crippen LogP contribution in [-0.2, 0) is 0 Å². The molecule has 0 saturated heterocycles. The molecule has 0 heterocycles. The average molecular weight is 155 g/mol. The molecule has 1 N–H and O–H groups in total. The molecular weight excluding hydrogens is 134 g/mol. The molecule has 0 rings (SSSR count). The van der Waals surface area contributed by atoms with Crippen molar-refractivity contribution >= 4 is 0 Å². The highest BCUT2D eigenvalue weighted by Crippen LogP contribution is 1.97. The topological polar surface area (TPSA) is 12.0 Å². The monoisotopic (exact) mass is 155 g/mol. The fourth-order valence-electron chi connectivity index (χ4n) is 0.864. The molecule has 0 radical (unpaired) electrons. The molecule has 0 spiro atoms. The van der Waals surface area contributed by atoms with E-state index in [0.717, 1.165) is 25.4 Å². The first-order valence-corrected chi connectivity index (χ1v) is 4.62. The van der Waals surface area contributed by atoms with Crippen LogP contribution in [0.3, 0.4) is 0 Å². The van der Waals surface area contributed by atoms with Gasteiger partial charge in [-0.2, -0.15) is 0 Å². The van der Waals surface area contributed by atoms with Crippen LogP contribution < -0.4 is 5.32 Å². The molecule has 11 heavy (non-hydrogen) atoms. The molecule has 0 aromatic heterocycles. The van der Waals surface area contributed by atoms with Crippen molar-refractivity contribution in [1.29, 1.82) is 0 Å². The minimum absolute atomic E-state index is 0.818. The third-order valence-electron chi connectivity index (χ3n) is 1.95. The Morgan fingerprint density at radius 1 is 1.55 bits per heavy atom. The summed E-state index contributed by atoms with van der Waals surface area (Å²) in [5.41, 5.74) is 0. The van der Waals surface area contributed by atoms with Crippen LogP contribution in [0.25, 0.3) is 0 Å². The third-order valence-corrected chi connectivity index (χ3v) is 1.95. The zero-order chi connectivity index (χ0) is 8.53. The van der Waals surface area contributed by atoms with Crippen LogP contribution >= 0.6 is 0 Å². The summed E-state index contributed by atoms with van der Waals surface area (Å²) in [7, 11) is 0. The Balaban J connectivity index is 2.95. The van der Waals surface area contributed by atoms with Crippen LogP contribution in [-0.4, -0.2) is 13.1 Å². The van der Waals surface area contributed by atoms with Crippen LogP contribution in [0.2, 0.25) is 0 Å². The Morgan fingerprint density at radius 2 is 2.27 bits per heavy atom. The fraction of sp³-hybridized carbons (Fsp3) is 0.800. The predicted octanol–water partition coefficient (Wildman–Crippen LogP) is 2.59.